The minimum absolute atomic E-state index is 0.00624. The molecule has 1 aliphatic carbocycles. The first-order valence-electron chi connectivity index (χ1n) is 10.00. The lowest BCUT2D eigenvalue weighted by molar-refractivity contribution is -0.122. The van der Waals surface area contributed by atoms with Gasteiger partial charge in [-0.1, -0.05) is 12.1 Å². The first-order valence-corrected chi connectivity index (χ1v) is 10.00. The van der Waals surface area contributed by atoms with Crippen LogP contribution in [0.3, 0.4) is 0 Å². The van der Waals surface area contributed by atoms with Gasteiger partial charge in [-0.15, -0.1) is 0 Å². The molecule has 3 amide bonds. The molecule has 7 nitrogen and oxygen atoms in total. The van der Waals surface area contributed by atoms with E-state index in [0.29, 0.717) is 18.5 Å². The molecule has 0 spiro atoms. The second-order valence-electron chi connectivity index (χ2n) is 7.64. The van der Waals surface area contributed by atoms with Crippen molar-refractivity contribution in [2.45, 2.75) is 38.1 Å². The van der Waals surface area contributed by atoms with Gasteiger partial charge in [-0.3, -0.25) is 4.79 Å². The van der Waals surface area contributed by atoms with Crippen LogP contribution in [0.4, 0.5) is 10.5 Å². The number of carbonyl (C=O) groups excluding carboxylic acids is 2. The summed E-state index contributed by atoms with van der Waals surface area (Å²) in [6.45, 7) is 3.62. The molecule has 0 bridgehead atoms. The molecule has 1 atom stereocenters. The normalized spacial score (nSPS) is 26.0. The van der Waals surface area contributed by atoms with E-state index < -0.39 is 0 Å². The van der Waals surface area contributed by atoms with E-state index in [2.05, 4.69) is 33.4 Å². The van der Waals surface area contributed by atoms with E-state index in [9.17, 15) is 9.59 Å². The van der Waals surface area contributed by atoms with Crippen molar-refractivity contribution in [1.82, 2.24) is 16.0 Å². The van der Waals surface area contributed by atoms with Gasteiger partial charge in [0, 0.05) is 30.7 Å². The number of anilines is 1. The third-order valence-corrected chi connectivity index (χ3v) is 5.64. The van der Waals surface area contributed by atoms with Crippen LogP contribution in [0.15, 0.2) is 24.3 Å². The zero-order valence-corrected chi connectivity index (χ0v) is 15.8. The quantitative estimate of drug-likeness (QED) is 0.541. The van der Waals surface area contributed by atoms with Crippen molar-refractivity contribution in [2.75, 3.05) is 31.5 Å². The van der Waals surface area contributed by atoms with Crippen LogP contribution in [0.5, 0.6) is 0 Å². The molecule has 1 aromatic rings. The van der Waals surface area contributed by atoms with Crippen molar-refractivity contribution in [3.05, 3.63) is 29.8 Å². The van der Waals surface area contributed by atoms with Crippen molar-refractivity contribution >= 4 is 17.6 Å². The Morgan fingerprint density at radius 1 is 1.07 bits per heavy atom. The molecular formula is C20H31N5O2. The van der Waals surface area contributed by atoms with E-state index in [1.165, 1.54) is 5.56 Å². The van der Waals surface area contributed by atoms with Gasteiger partial charge >= 0.3 is 6.03 Å². The molecule has 1 saturated carbocycles. The summed E-state index contributed by atoms with van der Waals surface area (Å²) in [4.78, 5) is 23.3. The number of hydrogen-bond donors (Lipinski definition) is 5. The molecule has 1 aromatic carbocycles. The molecule has 0 radical (unpaired) electrons. The van der Waals surface area contributed by atoms with Gasteiger partial charge < -0.3 is 27.0 Å². The summed E-state index contributed by atoms with van der Waals surface area (Å²) in [5, 5.41) is 12.8. The minimum atomic E-state index is -0.197. The zero-order chi connectivity index (χ0) is 19.1. The summed E-state index contributed by atoms with van der Waals surface area (Å²) in [6, 6.07) is 8.13. The Hall–Kier alpha value is -2.12. The van der Waals surface area contributed by atoms with Crippen LogP contribution in [0.25, 0.3) is 0 Å². The van der Waals surface area contributed by atoms with E-state index in [0.717, 1.165) is 57.4 Å². The number of primary amides is 1. The lowest BCUT2D eigenvalue weighted by Gasteiger charge is -2.26. The standard InChI is InChI=1S/C20H31N5O2/c21-19(26)16-4-2-14(3-5-16)12-24-20(27)25-17-8-6-15(7-9-17)18-13-22-10-1-11-23-18/h6-9,14,16,18,22-23H,1-5,10-13H2,(H2,21,26)(H2,24,25,27). The molecule has 2 aliphatic rings. The molecule has 1 heterocycles. The molecule has 1 unspecified atom stereocenters. The topological polar surface area (TPSA) is 108 Å². The van der Waals surface area contributed by atoms with Crippen LogP contribution in [0, 0.1) is 11.8 Å². The zero-order valence-electron chi connectivity index (χ0n) is 15.8. The highest BCUT2D eigenvalue weighted by Crippen LogP contribution is 2.28. The first-order chi connectivity index (χ1) is 13.1. The lowest BCUT2D eigenvalue weighted by Crippen LogP contribution is -2.36. The highest BCUT2D eigenvalue weighted by molar-refractivity contribution is 5.89. The van der Waals surface area contributed by atoms with Crippen molar-refractivity contribution < 1.29 is 9.59 Å². The summed E-state index contributed by atoms with van der Waals surface area (Å²) >= 11 is 0. The van der Waals surface area contributed by atoms with Crippen LogP contribution in [-0.4, -0.2) is 38.1 Å². The number of rotatable bonds is 5. The Balaban J connectivity index is 1.41. The van der Waals surface area contributed by atoms with Crippen LogP contribution < -0.4 is 27.0 Å². The monoisotopic (exact) mass is 373 g/mol. The number of benzene rings is 1. The molecular weight excluding hydrogens is 342 g/mol. The van der Waals surface area contributed by atoms with Gasteiger partial charge in [0.25, 0.3) is 0 Å². The summed E-state index contributed by atoms with van der Waals surface area (Å²) in [5.41, 5.74) is 7.37. The summed E-state index contributed by atoms with van der Waals surface area (Å²) < 4.78 is 0. The highest BCUT2D eigenvalue weighted by atomic mass is 16.2. The molecule has 2 fully saturated rings. The number of urea groups is 1. The van der Waals surface area contributed by atoms with Gasteiger partial charge in [0.05, 0.1) is 0 Å². The number of nitrogens with one attached hydrogen (secondary N) is 4. The maximum absolute atomic E-state index is 12.1. The van der Waals surface area contributed by atoms with E-state index in [1.807, 2.05) is 12.1 Å². The Labute approximate surface area is 160 Å². The van der Waals surface area contributed by atoms with Crippen molar-refractivity contribution in [3.63, 3.8) is 0 Å². The Morgan fingerprint density at radius 2 is 1.81 bits per heavy atom. The number of nitrogens with two attached hydrogens (primary N) is 1. The van der Waals surface area contributed by atoms with E-state index in [4.69, 9.17) is 5.73 Å². The summed E-state index contributed by atoms with van der Waals surface area (Å²) in [6.07, 6.45) is 4.67. The predicted molar refractivity (Wildman–Crippen MR) is 106 cm³/mol. The maximum atomic E-state index is 12.1. The lowest BCUT2D eigenvalue weighted by atomic mass is 9.82. The predicted octanol–water partition coefficient (Wildman–Crippen LogP) is 1.72. The highest BCUT2D eigenvalue weighted by Gasteiger charge is 2.24. The van der Waals surface area contributed by atoms with Crippen LogP contribution in [-0.2, 0) is 4.79 Å². The van der Waals surface area contributed by atoms with Gasteiger partial charge in [-0.05, 0) is 68.8 Å². The second-order valence-corrected chi connectivity index (χ2v) is 7.64. The molecule has 0 aromatic heterocycles. The molecule has 7 heteroatoms. The third kappa shape index (κ3) is 5.94. The van der Waals surface area contributed by atoms with Gasteiger partial charge in [0.2, 0.25) is 5.91 Å². The van der Waals surface area contributed by atoms with Crippen LogP contribution >= 0.6 is 0 Å². The minimum Gasteiger partial charge on any atom is -0.369 e. The average Bonchev–Trinajstić information content (AvgIpc) is 2.97. The molecule has 27 heavy (non-hydrogen) atoms. The van der Waals surface area contributed by atoms with E-state index in [1.54, 1.807) is 0 Å². The fourth-order valence-electron chi connectivity index (χ4n) is 3.91. The van der Waals surface area contributed by atoms with Crippen molar-refractivity contribution in [2.24, 2.45) is 17.6 Å². The molecule has 148 valence electrons. The van der Waals surface area contributed by atoms with Crippen molar-refractivity contribution in [3.8, 4) is 0 Å². The number of hydrogen-bond acceptors (Lipinski definition) is 4. The average molecular weight is 374 g/mol. The van der Waals surface area contributed by atoms with Crippen LogP contribution in [0.1, 0.15) is 43.7 Å². The smallest absolute Gasteiger partial charge is 0.319 e. The fourth-order valence-corrected chi connectivity index (χ4v) is 3.91. The molecule has 1 saturated heterocycles. The van der Waals surface area contributed by atoms with Gasteiger partial charge in [-0.25, -0.2) is 4.79 Å². The molecule has 3 rings (SSSR count). The van der Waals surface area contributed by atoms with E-state index in [-0.39, 0.29) is 17.9 Å². The maximum Gasteiger partial charge on any atom is 0.319 e. The van der Waals surface area contributed by atoms with Gasteiger partial charge in [-0.2, -0.15) is 0 Å². The molecule has 1 aliphatic heterocycles. The fraction of sp³-hybridized carbons (Fsp3) is 0.600. The second kappa shape index (κ2) is 9.71. The Kier molecular flexibility index (Phi) is 7.06. The third-order valence-electron chi connectivity index (χ3n) is 5.64. The SMILES string of the molecule is NC(=O)C1CCC(CNC(=O)Nc2ccc(C3CNCCCN3)cc2)CC1. The van der Waals surface area contributed by atoms with Gasteiger partial charge in [0.1, 0.15) is 0 Å². The van der Waals surface area contributed by atoms with Gasteiger partial charge in [0.15, 0.2) is 0 Å². The van der Waals surface area contributed by atoms with Crippen LogP contribution in [0.2, 0.25) is 0 Å². The largest absolute Gasteiger partial charge is 0.369 e. The Bertz CT molecular complexity index is 618. The first kappa shape index (κ1) is 19.6. The number of amides is 3. The van der Waals surface area contributed by atoms with E-state index >= 15 is 0 Å². The number of carbonyl (C=O) groups is 2. The van der Waals surface area contributed by atoms with Crippen molar-refractivity contribution in [1.29, 1.82) is 0 Å². The molecule has 6 N–H and O–H groups in total. The summed E-state index contributed by atoms with van der Waals surface area (Å²) in [7, 11) is 0. The Morgan fingerprint density at radius 3 is 2.52 bits per heavy atom. The summed E-state index contributed by atoms with van der Waals surface area (Å²) in [5.74, 6) is 0.228.